The molecule has 1 aromatic heterocycles. The van der Waals surface area contributed by atoms with E-state index in [0.717, 1.165) is 53.9 Å². The molecule has 0 N–H and O–H groups in total. The molecule has 0 unspecified atom stereocenters. The molecule has 0 atom stereocenters. The predicted octanol–water partition coefficient (Wildman–Crippen LogP) is 6.12. The molecule has 1 saturated heterocycles. The van der Waals surface area contributed by atoms with E-state index < -0.39 is 0 Å². The predicted molar refractivity (Wildman–Crippen MR) is 136 cm³/mol. The summed E-state index contributed by atoms with van der Waals surface area (Å²) in [7, 11) is 0. The average molecular weight is 462 g/mol. The van der Waals surface area contributed by atoms with Gasteiger partial charge in [0, 0.05) is 24.9 Å². The quantitative estimate of drug-likeness (QED) is 0.425. The molecule has 180 valence electrons. The lowest BCUT2D eigenvalue weighted by atomic mass is 9.86. The zero-order chi connectivity index (χ0) is 23.3. The largest absolute Gasteiger partial charge is 0.303 e. The van der Waals surface area contributed by atoms with Gasteiger partial charge in [0.25, 0.3) is 5.56 Å². The Labute approximate surface area is 201 Å². The van der Waals surface area contributed by atoms with Gasteiger partial charge in [-0.1, -0.05) is 62.4 Å². The number of halogens is 1. The Morgan fingerprint density at radius 3 is 2.32 bits per heavy atom. The summed E-state index contributed by atoms with van der Waals surface area (Å²) in [5.41, 5.74) is 1.89. The summed E-state index contributed by atoms with van der Waals surface area (Å²) in [6, 6.07) is 14.5. The molecule has 2 fully saturated rings. The van der Waals surface area contributed by atoms with Crippen molar-refractivity contribution in [2.75, 3.05) is 19.6 Å². The molecule has 0 amide bonds. The maximum Gasteiger partial charge on any atom is 0.274 e. The Morgan fingerprint density at radius 1 is 0.882 bits per heavy atom. The molecule has 2 aromatic carbocycles. The number of rotatable bonds is 7. The van der Waals surface area contributed by atoms with Crippen molar-refractivity contribution in [3.05, 3.63) is 76.0 Å². The van der Waals surface area contributed by atoms with Crippen molar-refractivity contribution in [3.8, 4) is 0 Å². The first-order chi connectivity index (χ1) is 16.7. The summed E-state index contributed by atoms with van der Waals surface area (Å²) in [5, 5.41) is 6.50. The van der Waals surface area contributed by atoms with Crippen molar-refractivity contribution in [2.45, 2.75) is 70.3 Å². The molecular formula is C29H36FN3O. The van der Waals surface area contributed by atoms with Crippen molar-refractivity contribution >= 4 is 10.8 Å². The lowest BCUT2D eigenvalue weighted by Crippen LogP contribution is -2.39. The Morgan fingerprint density at radius 2 is 1.59 bits per heavy atom. The summed E-state index contributed by atoms with van der Waals surface area (Å²) < 4.78 is 15.1. The topological polar surface area (TPSA) is 38.1 Å². The summed E-state index contributed by atoms with van der Waals surface area (Å²) in [5.74, 6) is 0.711. The second-order valence-corrected chi connectivity index (χ2v) is 10.3. The van der Waals surface area contributed by atoms with Gasteiger partial charge in [-0.15, -0.1) is 0 Å². The van der Waals surface area contributed by atoms with Crippen LogP contribution < -0.4 is 5.56 Å². The summed E-state index contributed by atoms with van der Waals surface area (Å²) in [4.78, 5) is 15.9. The van der Waals surface area contributed by atoms with Gasteiger partial charge in [-0.25, -0.2) is 9.07 Å². The standard InChI is InChI=1S/C29H36FN3O/c30-24-14-12-23(13-15-24)21-28-26-10-4-5-11-27(26)29(34)33(31-28)25-16-19-32(20-17-25)18-6-9-22-7-2-1-3-8-22/h4-5,10-15,22,25H,1-3,6-9,16-21H2. The van der Waals surface area contributed by atoms with Crippen molar-refractivity contribution in [3.63, 3.8) is 0 Å². The molecule has 1 saturated carbocycles. The van der Waals surface area contributed by atoms with Crippen LogP contribution in [0.3, 0.4) is 0 Å². The molecule has 0 spiro atoms. The molecule has 4 nitrogen and oxygen atoms in total. The van der Waals surface area contributed by atoms with Gasteiger partial charge >= 0.3 is 0 Å². The fraction of sp³-hybridized carbons (Fsp3) is 0.517. The zero-order valence-corrected chi connectivity index (χ0v) is 20.1. The van der Waals surface area contributed by atoms with Crippen LogP contribution in [0.2, 0.25) is 0 Å². The highest BCUT2D eigenvalue weighted by Gasteiger charge is 2.24. The van der Waals surface area contributed by atoms with Gasteiger partial charge in [0.2, 0.25) is 0 Å². The molecule has 2 aliphatic rings. The number of piperidine rings is 1. The van der Waals surface area contributed by atoms with Crippen LogP contribution in [0.1, 0.15) is 75.1 Å². The lowest BCUT2D eigenvalue weighted by molar-refractivity contribution is 0.170. The molecule has 2 heterocycles. The summed E-state index contributed by atoms with van der Waals surface area (Å²) in [6.07, 6.45) is 12.3. The highest BCUT2D eigenvalue weighted by Crippen LogP contribution is 2.28. The van der Waals surface area contributed by atoms with E-state index in [-0.39, 0.29) is 17.4 Å². The SMILES string of the molecule is O=c1c2ccccc2c(Cc2ccc(F)cc2)nn1C1CCN(CCCC2CCCCC2)CC1. The van der Waals surface area contributed by atoms with Crippen molar-refractivity contribution in [2.24, 2.45) is 5.92 Å². The molecule has 1 aliphatic heterocycles. The van der Waals surface area contributed by atoms with E-state index in [1.54, 1.807) is 16.8 Å². The minimum absolute atomic E-state index is 0.00852. The van der Waals surface area contributed by atoms with Crippen molar-refractivity contribution in [1.82, 2.24) is 14.7 Å². The van der Waals surface area contributed by atoms with Gasteiger partial charge in [0.15, 0.2) is 0 Å². The average Bonchev–Trinajstić information content (AvgIpc) is 2.88. The van der Waals surface area contributed by atoms with Gasteiger partial charge in [0.1, 0.15) is 5.82 Å². The number of hydrogen-bond acceptors (Lipinski definition) is 3. The first-order valence-electron chi connectivity index (χ1n) is 13.1. The van der Waals surface area contributed by atoms with E-state index >= 15 is 0 Å². The number of likely N-dealkylation sites (tertiary alicyclic amines) is 1. The van der Waals surface area contributed by atoms with Crippen LogP contribution in [0.4, 0.5) is 4.39 Å². The Hall–Kier alpha value is -2.53. The Balaban J connectivity index is 1.27. The third-order valence-electron chi connectivity index (χ3n) is 7.90. The van der Waals surface area contributed by atoms with Crippen LogP contribution in [-0.2, 0) is 6.42 Å². The van der Waals surface area contributed by atoms with Gasteiger partial charge in [-0.05, 0) is 61.9 Å². The second-order valence-electron chi connectivity index (χ2n) is 10.3. The van der Waals surface area contributed by atoms with Crippen LogP contribution in [-0.4, -0.2) is 34.3 Å². The first-order valence-corrected chi connectivity index (χ1v) is 13.1. The molecule has 1 aliphatic carbocycles. The van der Waals surface area contributed by atoms with Crippen LogP contribution in [0.15, 0.2) is 53.3 Å². The summed E-state index contributed by atoms with van der Waals surface area (Å²) in [6.45, 7) is 3.24. The molecule has 34 heavy (non-hydrogen) atoms. The normalized spacial score (nSPS) is 18.5. The number of aromatic nitrogens is 2. The summed E-state index contributed by atoms with van der Waals surface area (Å²) >= 11 is 0. The maximum atomic E-state index is 13.4. The van der Waals surface area contributed by atoms with E-state index in [1.165, 1.54) is 63.6 Å². The van der Waals surface area contributed by atoms with Gasteiger partial charge < -0.3 is 4.90 Å². The molecule has 0 radical (unpaired) electrons. The third-order valence-corrected chi connectivity index (χ3v) is 7.90. The van der Waals surface area contributed by atoms with E-state index in [0.29, 0.717) is 6.42 Å². The number of fused-ring (bicyclic) bond motifs is 1. The Kier molecular flexibility index (Phi) is 7.39. The fourth-order valence-electron chi connectivity index (χ4n) is 5.91. The van der Waals surface area contributed by atoms with Gasteiger partial charge in [-0.2, -0.15) is 5.10 Å². The minimum Gasteiger partial charge on any atom is -0.303 e. The van der Waals surface area contributed by atoms with Crippen LogP contribution >= 0.6 is 0 Å². The molecule has 5 heteroatoms. The van der Waals surface area contributed by atoms with Crippen LogP contribution in [0.25, 0.3) is 10.8 Å². The molecule has 0 bridgehead atoms. The second kappa shape index (κ2) is 10.8. The third kappa shape index (κ3) is 5.41. The van der Waals surface area contributed by atoms with Crippen molar-refractivity contribution < 1.29 is 4.39 Å². The number of benzene rings is 2. The maximum absolute atomic E-state index is 13.4. The molecule has 3 aromatic rings. The number of nitrogens with zero attached hydrogens (tertiary/aromatic N) is 3. The smallest absolute Gasteiger partial charge is 0.274 e. The lowest BCUT2D eigenvalue weighted by Gasteiger charge is -2.33. The van der Waals surface area contributed by atoms with Crippen LogP contribution in [0.5, 0.6) is 0 Å². The molecular weight excluding hydrogens is 425 g/mol. The highest BCUT2D eigenvalue weighted by atomic mass is 19.1. The zero-order valence-electron chi connectivity index (χ0n) is 20.1. The Bertz CT molecular complexity index is 1140. The highest BCUT2D eigenvalue weighted by molar-refractivity contribution is 5.83. The van der Waals surface area contributed by atoms with E-state index in [2.05, 4.69) is 4.90 Å². The van der Waals surface area contributed by atoms with E-state index in [1.807, 2.05) is 24.3 Å². The fourth-order valence-corrected chi connectivity index (χ4v) is 5.91. The monoisotopic (exact) mass is 461 g/mol. The minimum atomic E-state index is -0.239. The van der Waals surface area contributed by atoms with Crippen molar-refractivity contribution in [1.29, 1.82) is 0 Å². The molecule has 5 rings (SSSR count). The van der Waals surface area contributed by atoms with Gasteiger partial charge in [-0.3, -0.25) is 4.79 Å². The first kappa shape index (κ1) is 23.2. The van der Waals surface area contributed by atoms with E-state index in [9.17, 15) is 9.18 Å². The van der Waals surface area contributed by atoms with Gasteiger partial charge in [0.05, 0.1) is 17.1 Å². The van der Waals surface area contributed by atoms with Crippen LogP contribution in [0, 0.1) is 11.7 Å². The van der Waals surface area contributed by atoms with E-state index in [4.69, 9.17) is 5.10 Å². The number of hydrogen-bond donors (Lipinski definition) is 0.